The Morgan fingerprint density at radius 2 is 2.00 bits per heavy atom. The molecule has 3 aromatic rings. The number of hydrogen-bond donors (Lipinski definition) is 0. The van der Waals surface area contributed by atoms with Crippen molar-refractivity contribution in [2.45, 2.75) is 24.8 Å². The third-order valence-electron chi connectivity index (χ3n) is 3.37. The molecule has 3 aromatic heterocycles. The first kappa shape index (κ1) is 14.7. The Labute approximate surface area is 128 Å². The van der Waals surface area contributed by atoms with Gasteiger partial charge in [-0.3, -0.25) is 9.08 Å². The number of hydrogen-bond acceptors (Lipinski definition) is 5. The van der Waals surface area contributed by atoms with Crippen molar-refractivity contribution in [1.82, 2.24) is 24.1 Å². The molecule has 116 valence electrons. The highest BCUT2D eigenvalue weighted by Crippen LogP contribution is 2.24. The second kappa shape index (κ2) is 5.20. The normalized spacial score (nSPS) is 12.1. The quantitative estimate of drug-likeness (QED) is 0.727. The predicted octanol–water partition coefficient (Wildman–Crippen LogP) is 1.49. The first-order valence-electron chi connectivity index (χ1n) is 6.96. The summed E-state index contributed by atoms with van der Waals surface area (Å²) < 4.78 is 27.5. The van der Waals surface area contributed by atoms with Gasteiger partial charge in [0.25, 0.3) is 0 Å². The second-order valence-electron chi connectivity index (χ2n) is 5.30. The molecule has 0 unspecified atom stereocenters. The number of rotatable bonds is 4. The maximum absolute atomic E-state index is 12.0. The van der Waals surface area contributed by atoms with Gasteiger partial charge in [0.2, 0.25) is 0 Å². The molecular weight excluding hydrogens is 302 g/mol. The summed E-state index contributed by atoms with van der Waals surface area (Å²) in [5.41, 5.74) is 2.76. The zero-order valence-corrected chi connectivity index (χ0v) is 13.5. The molecule has 0 aliphatic carbocycles. The lowest BCUT2D eigenvalue weighted by Gasteiger charge is -2.07. The summed E-state index contributed by atoms with van der Waals surface area (Å²) in [5, 5.41) is 4.17. The Morgan fingerprint density at radius 3 is 2.59 bits per heavy atom. The molecule has 0 amide bonds. The number of fused-ring (bicyclic) bond motifs is 1. The molecule has 0 spiro atoms. The standard InChI is InChI=1S/C14H17N5O2S/c1-4-5-11-9-19-12(10-6-16-18(2)8-10)7-15-13(19)14(17-11)22(3,20)21/h6-9H,4-5H2,1-3H3. The summed E-state index contributed by atoms with van der Waals surface area (Å²) in [6.07, 6.45) is 9.85. The number of aromatic nitrogens is 5. The molecule has 0 radical (unpaired) electrons. The van der Waals surface area contributed by atoms with Gasteiger partial charge in [-0.05, 0) is 6.42 Å². The fourth-order valence-electron chi connectivity index (χ4n) is 2.40. The van der Waals surface area contributed by atoms with Crippen LogP contribution >= 0.6 is 0 Å². The van der Waals surface area contributed by atoms with Crippen molar-refractivity contribution in [3.8, 4) is 11.3 Å². The van der Waals surface area contributed by atoms with E-state index in [4.69, 9.17) is 0 Å². The fraction of sp³-hybridized carbons (Fsp3) is 0.357. The van der Waals surface area contributed by atoms with E-state index in [9.17, 15) is 8.42 Å². The lowest BCUT2D eigenvalue weighted by Crippen LogP contribution is -2.08. The van der Waals surface area contributed by atoms with Gasteiger partial charge in [-0.25, -0.2) is 18.4 Å². The van der Waals surface area contributed by atoms with Crippen molar-refractivity contribution in [1.29, 1.82) is 0 Å². The van der Waals surface area contributed by atoms with E-state index in [1.807, 2.05) is 26.4 Å². The van der Waals surface area contributed by atoms with Crippen molar-refractivity contribution in [2.24, 2.45) is 7.05 Å². The monoisotopic (exact) mass is 319 g/mol. The van der Waals surface area contributed by atoms with Crippen LogP contribution in [0.4, 0.5) is 0 Å². The van der Waals surface area contributed by atoms with Gasteiger partial charge >= 0.3 is 0 Å². The SMILES string of the molecule is CCCc1cn2c(-c3cnn(C)c3)cnc2c(S(C)(=O)=O)n1. The molecule has 0 saturated heterocycles. The summed E-state index contributed by atoms with van der Waals surface area (Å²) in [7, 11) is -1.62. The molecule has 3 heterocycles. The topological polar surface area (TPSA) is 82.2 Å². The van der Waals surface area contributed by atoms with Gasteiger partial charge in [-0.15, -0.1) is 0 Å². The number of aryl methyl sites for hydroxylation is 2. The summed E-state index contributed by atoms with van der Waals surface area (Å²) >= 11 is 0. The average molecular weight is 319 g/mol. The minimum atomic E-state index is -3.45. The summed E-state index contributed by atoms with van der Waals surface area (Å²) in [5.74, 6) is 0. The van der Waals surface area contributed by atoms with E-state index in [1.54, 1.807) is 21.5 Å². The summed E-state index contributed by atoms with van der Waals surface area (Å²) in [6, 6.07) is 0. The Balaban J connectivity index is 2.31. The van der Waals surface area contributed by atoms with Crippen molar-refractivity contribution in [2.75, 3.05) is 6.26 Å². The Kier molecular flexibility index (Phi) is 3.48. The maximum atomic E-state index is 12.0. The maximum Gasteiger partial charge on any atom is 0.198 e. The van der Waals surface area contributed by atoms with E-state index in [2.05, 4.69) is 15.1 Å². The molecule has 0 fully saturated rings. The fourth-order valence-corrected chi connectivity index (χ4v) is 3.17. The molecule has 0 saturated carbocycles. The average Bonchev–Trinajstić information content (AvgIpc) is 3.03. The minimum absolute atomic E-state index is 0.0218. The predicted molar refractivity (Wildman–Crippen MR) is 82.3 cm³/mol. The highest BCUT2D eigenvalue weighted by Gasteiger charge is 2.20. The third-order valence-corrected chi connectivity index (χ3v) is 4.35. The Bertz CT molecular complexity index is 939. The van der Waals surface area contributed by atoms with Crippen LogP contribution in [0.25, 0.3) is 16.9 Å². The molecule has 0 N–H and O–H groups in total. The Morgan fingerprint density at radius 1 is 1.23 bits per heavy atom. The molecule has 7 nitrogen and oxygen atoms in total. The van der Waals surface area contributed by atoms with Crippen molar-refractivity contribution >= 4 is 15.5 Å². The molecule has 0 aliphatic heterocycles. The zero-order valence-electron chi connectivity index (χ0n) is 12.7. The van der Waals surface area contributed by atoms with Gasteiger partial charge in [0.15, 0.2) is 20.5 Å². The molecule has 8 heteroatoms. The van der Waals surface area contributed by atoms with Crippen LogP contribution in [0.5, 0.6) is 0 Å². The van der Waals surface area contributed by atoms with Gasteiger partial charge in [-0.2, -0.15) is 5.10 Å². The molecule has 0 aromatic carbocycles. The number of sulfone groups is 1. The van der Waals surface area contributed by atoms with Crippen LogP contribution in [-0.2, 0) is 23.3 Å². The smallest absolute Gasteiger partial charge is 0.198 e. The largest absolute Gasteiger partial charge is 0.295 e. The van der Waals surface area contributed by atoms with E-state index >= 15 is 0 Å². The molecule has 22 heavy (non-hydrogen) atoms. The third kappa shape index (κ3) is 2.50. The lowest BCUT2D eigenvalue weighted by molar-refractivity contribution is 0.597. The molecular formula is C14H17N5O2S. The molecule has 0 bridgehead atoms. The zero-order chi connectivity index (χ0) is 15.9. The Hall–Kier alpha value is -2.22. The van der Waals surface area contributed by atoms with E-state index < -0.39 is 9.84 Å². The van der Waals surface area contributed by atoms with E-state index in [0.29, 0.717) is 12.1 Å². The summed E-state index contributed by atoms with van der Waals surface area (Å²) in [6.45, 7) is 2.03. The van der Waals surface area contributed by atoms with Gasteiger partial charge in [-0.1, -0.05) is 13.3 Å². The van der Waals surface area contributed by atoms with Crippen LogP contribution in [0.2, 0.25) is 0 Å². The van der Waals surface area contributed by atoms with Gasteiger partial charge in [0, 0.05) is 31.3 Å². The molecule has 0 aliphatic rings. The van der Waals surface area contributed by atoms with Crippen LogP contribution in [0.3, 0.4) is 0 Å². The highest BCUT2D eigenvalue weighted by molar-refractivity contribution is 7.90. The minimum Gasteiger partial charge on any atom is -0.295 e. The summed E-state index contributed by atoms with van der Waals surface area (Å²) in [4.78, 5) is 8.54. The van der Waals surface area contributed by atoms with Gasteiger partial charge < -0.3 is 0 Å². The highest BCUT2D eigenvalue weighted by atomic mass is 32.2. The van der Waals surface area contributed by atoms with Crippen LogP contribution in [0.15, 0.2) is 29.8 Å². The number of nitrogens with zero attached hydrogens (tertiary/aromatic N) is 5. The lowest BCUT2D eigenvalue weighted by atomic mass is 10.2. The number of imidazole rings is 1. The van der Waals surface area contributed by atoms with Crippen molar-refractivity contribution in [3.63, 3.8) is 0 Å². The second-order valence-corrected chi connectivity index (χ2v) is 7.23. The van der Waals surface area contributed by atoms with E-state index in [1.165, 1.54) is 0 Å². The van der Waals surface area contributed by atoms with Crippen LogP contribution in [0, 0.1) is 0 Å². The van der Waals surface area contributed by atoms with Crippen molar-refractivity contribution < 1.29 is 8.42 Å². The van der Waals surface area contributed by atoms with Crippen LogP contribution in [0.1, 0.15) is 19.0 Å². The van der Waals surface area contributed by atoms with Crippen molar-refractivity contribution in [3.05, 3.63) is 30.5 Å². The first-order valence-corrected chi connectivity index (χ1v) is 8.85. The first-order chi connectivity index (χ1) is 10.4. The molecule has 3 rings (SSSR count). The molecule has 0 atom stereocenters. The van der Waals surface area contributed by atoms with E-state index in [-0.39, 0.29) is 5.03 Å². The van der Waals surface area contributed by atoms with Gasteiger partial charge in [0.05, 0.1) is 23.8 Å². The van der Waals surface area contributed by atoms with Crippen LogP contribution in [-0.4, -0.2) is 38.8 Å². The van der Waals surface area contributed by atoms with Gasteiger partial charge in [0.1, 0.15) is 0 Å². The van der Waals surface area contributed by atoms with Crippen LogP contribution < -0.4 is 0 Å². The van der Waals surface area contributed by atoms with E-state index in [0.717, 1.165) is 29.6 Å².